The predicted molar refractivity (Wildman–Crippen MR) is 109 cm³/mol. The molecule has 1 amide bonds. The lowest BCUT2D eigenvalue weighted by Crippen LogP contribution is -2.15. The summed E-state index contributed by atoms with van der Waals surface area (Å²) in [6.07, 6.45) is 4.03. The van der Waals surface area contributed by atoms with Gasteiger partial charge in [-0.2, -0.15) is 0 Å². The number of nitrogens with zero attached hydrogens (tertiary/aromatic N) is 2. The molecule has 0 saturated carbocycles. The van der Waals surface area contributed by atoms with E-state index in [1.165, 1.54) is 5.56 Å². The number of fused-ring (bicyclic) bond motifs is 1. The molecule has 2 N–H and O–H groups in total. The first-order chi connectivity index (χ1) is 12.9. The van der Waals surface area contributed by atoms with Gasteiger partial charge in [-0.1, -0.05) is 31.5 Å². The van der Waals surface area contributed by atoms with Crippen LogP contribution >= 0.6 is 11.6 Å². The molecule has 2 aromatic heterocycles. The van der Waals surface area contributed by atoms with E-state index in [1.54, 1.807) is 29.7 Å². The predicted octanol–water partition coefficient (Wildman–Crippen LogP) is 4.97. The number of hydrogen-bond donors (Lipinski definition) is 1. The van der Waals surface area contributed by atoms with Crippen LogP contribution < -0.4 is 10.5 Å². The Bertz CT molecular complexity index is 1010. The number of carbonyl (C=O) groups excluding carboxylic acids is 1. The van der Waals surface area contributed by atoms with Crippen LogP contribution in [-0.4, -0.2) is 22.4 Å². The molecule has 1 aromatic carbocycles. The van der Waals surface area contributed by atoms with E-state index in [0.29, 0.717) is 39.3 Å². The molecular formula is C21H24ClN3O2. The fourth-order valence-electron chi connectivity index (χ4n) is 3.56. The lowest BCUT2D eigenvalue weighted by molar-refractivity contribution is 0.0995. The monoisotopic (exact) mass is 385 g/mol. The molecule has 2 heterocycles. The second-order valence-corrected chi connectivity index (χ2v) is 7.09. The Morgan fingerprint density at radius 3 is 2.56 bits per heavy atom. The zero-order chi connectivity index (χ0) is 19.7. The van der Waals surface area contributed by atoms with Crippen molar-refractivity contribution in [3.63, 3.8) is 0 Å². The average Bonchev–Trinajstić information content (AvgIpc) is 3.02. The first-order valence-electron chi connectivity index (χ1n) is 9.07. The summed E-state index contributed by atoms with van der Waals surface area (Å²) < 4.78 is 7.01. The van der Waals surface area contributed by atoms with Crippen molar-refractivity contribution in [1.82, 2.24) is 9.38 Å². The van der Waals surface area contributed by atoms with E-state index in [2.05, 4.69) is 19.9 Å². The average molecular weight is 386 g/mol. The zero-order valence-electron chi connectivity index (χ0n) is 16.0. The number of carbonyl (C=O) groups is 1. The Hall–Kier alpha value is -2.53. The van der Waals surface area contributed by atoms with Crippen molar-refractivity contribution in [1.29, 1.82) is 0 Å². The first-order valence-corrected chi connectivity index (χ1v) is 9.45. The van der Waals surface area contributed by atoms with Crippen LogP contribution in [0.2, 0.25) is 5.02 Å². The number of nitrogens with two attached hydrogens (primary N) is 1. The molecule has 3 rings (SSSR count). The number of benzene rings is 1. The largest absolute Gasteiger partial charge is 0.497 e. The van der Waals surface area contributed by atoms with Gasteiger partial charge in [0.25, 0.3) is 5.91 Å². The highest BCUT2D eigenvalue weighted by Gasteiger charge is 2.22. The van der Waals surface area contributed by atoms with Crippen molar-refractivity contribution < 1.29 is 9.53 Å². The highest BCUT2D eigenvalue weighted by atomic mass is 35.5. The summed E-state index contributed by atoms with van der Waals surface area (Å²) in [6, 6.07) is 7.43. The van der Waals surface area contributed by atoms with Gasteiger partial charge in [-0.15, -0.1) is 0 Å². The third-order valence-electron chi connectivity index (χ3n) is 5.05. The fraction of sp³-hybridized carbons (Fsp3) is 0.333. The normalized spacial score (nSPS) is 11.3. The van der Waals surface area contributed by atoms with Crippen LogP contribution in [0.5, 0.6) is 5.75 Å². The third kappa shape index (κ3) is 3.39. The van der Waals surface area contributed by atoms with Gasteiger partial charge >= 0.3 is 0 Å². The molecule has 0 bridgehead atoms. The third-order valence-corrected chi connectivity index (χ3v) is 5.36. The molecule has 0 radical (unpaired) electrons. The van der Waals surface area contributed by atoms with Gasteiger partial charge < -0.3 is 10.5 Å². The van der Waals surface area contributed by atoms with Crippen molar-refractivity contribution >= 4 is 23.2 Å². The van der Waals surface area contributed by atoms with E-state index in [9.17, 15) is 4.79 Å². The second-order valence-electron chi connectivity index (χ2n) is 6.68. The van der Waals surface area contributed by atoms with Crippen LogP contribution in [0, 0.1) is 6.92 Å². The molecule has 5 nitrogen and oxygen atoms in total. The number of aromatic nitrogens is 2. The van der Waals surface area contributed by atoms with Gasteiger partial charge in [-0.05, 0) is 55.0 Å². The van der Waals surface area contributed by atoms with Crippen LogP contribution in [0.4, 0.5) is 0 Å². The summed E-state index contributed by atoms with van der Waals surface area (Å²) in [6.45, 7) is 6.33. The van der Waals surface area contributed by atoms with E-state index in [1.807, 2.05) is 13.1 Å². The Labute approximate surface area is 164 Å². The molecule has 3 aromatic rings. The number of rotatable bonds is 6. The fourth-order valence-corrected chi connectivity index (χ4v) is 3.82. The summed E-state index contributed by atoms with van der Waals surface area (Å²) >= 11 is 6.43. The number of ether oxygens (including phenoxy) is 1. The summed E-state index contributed by atoms with van der Waals surface area (Å²) in [4.78, 5) is 17.0. The van der Waals surface area contributed by atoms with E-state index in [-0.39, 0.29) is 0 Å². The number of imidazole rings is 1. The lowest BCUT2D eigenvalue weighted by atomic mass is 9.94. The molecule has 0 fully saturated rings. The summed E-state index contributed by atoms with van der Waals surface area (Å²) in [5.74, 6) is 0.523. The van der Waals surface area contributed by atoms with Crippen LogP contribution in [0.1, 0.15) is 54.2 Å². The Morgan fingerprint density at radius 2 is 2.00 bits per heavy atom. The smallest absolute Gasteiger partial charge is 0.268 e. The van der Waals surface area contributed by atoms with Gasteiger partial charge in [0.05, 0.1) is 12.1 Å². The van der Waals surface area contributed by atoms with Crippen LogP contribution in [0.3, 0.4) is 0 Å². The highest BCUT2D eigenvalue weighted by Crippen LogP contribution is 2.35. The molecule has 0 spiro atoms. The lowest BCUT2D eigenvalue weighted by Gasteiger charge is -2.14. The molecule has 0 aliphatic carbocycles. The maximum atomic E-state index is 12.3. The van der Waals surface area contributed by atoms with Crippen molar-refractivity contribution in [2.24, 2.45) is 5.73 Å². The molecule has 0 atom stereocenters. The Kier molecular flexibility index (Phi) is 5.42. The van der Waals surface area contributed by atoms with Crippen LogP contribution in [0.25, 0.3) is 16.9 Å². The zero-order valence-corrected chi connectivity index (χ0v) is 16.8. The summed E-state index contributed by atoms with van der Waals surface area (Å²) in [7, 11) is 1.58. The topological polar surface area (TPSA) is 69.6 Å². The number of primary amides is 1. The quantitative estimate of drug-likeness (QED) is 0.650. The minimum absolute atomic E-state index is 0.341. The maximum absolute atomic E-state index is 12.3. The summed E-state index contributed by atoms with van der Waals surface area (Å²) in [5, 5.41) is 0.457. The van der Waals surface area contributed by atoms with Crippen molar-refractivity contribution in [2.45, 2.75) is 39.5 Å². The van der Waals surface area contributed by atoms with Gasteiger partial charge in [0, 0.05) is 11.8 Å². The van der Waals surface area contributed by atoms with Crippen LogP contribution in [0.15, 0.2) is 30.5 Å². The van der Waals surface area contributed by atoms with Crippen molar-refractivity contribution in [2.75, 3.05) is 7.11 Å². The van der Waals surface area contributed by atoms with Gasteiger partial charge in [0.1, 0.15) is 22.8 Å². The van der Waals surface area contributed by atoms with E-state index in [0.717, 1.165) is 18.4 Å². The SMILES string of the molecule is CCC(CC)c1cc(C)c2nc(-c3ccc(OC)cc3Cl)c(C(N)=O)n2c1. The number of hydrogen-bond acceptors (Lipinski definition) is 3. The molecule has 0 saturated heterocycles. The molecular weight excluding hydrogens is 362 g/mol. The molecule has 0 unspecified atom stereocenters. The minimum Gasteiger partial charge on any atom is -0.497 e. The molecule has 0 aliphatic rings. The van der Waals surface area contributed by atoms with Gasteiger partial charge in [-0.25, -0.2) is 4.98 Å². The Balaban J connectivity index is 2.30. The first kappa shape index (κ1) is 19.2. The molecule has 142 valence electrons. The van der Waals surface area contributed by atoms with Crippen molar-refractivity contribution in [3.8, 4) is 17.0 Å². The summed E-state index contributed by atoms with van der Waals surface area (Å²) in [5.41, 5.74) is 10.1. The molecule has 27 heavy (non-hydrogen) atoms. The number of halogens is 1. The molecule has 0 aliphatic heterocycles. The highest BCUT2D eigenvalue weighted by molar-refractivity contribution is 6.33. The van der Waals surface area contributed by atoms with Crippen molar-refractivity contribution in [3.05, 3.63) is 52.3 Å². The van der Waals surface area contributed by atoms with Crippen LogP contribution in [-0.2, 0) is 0 Å². The second kappa shape index (κ2) is 7.61. The number of amides is 1. The van der Waals surface area contributed by atoms with Gasteiger partial charge in [0.15, 0.2) is 0 Å². The minimum atomic E-state index is -0.537. The van der Waals surface area contributed by atoms with Gasteiger partial charge in [0.2, 0.25) is 0 Å². The van der Waals surface area contributed by atoms with E-state index in [4.69, 9.17) is 27.1 Å². The van der Waals surface area contributed by atoms with E-state index >= 15 is 0 Å². The molecule has 6 heteroatoms. The van der Waals surface area contributed by atoms with E-state index < -0.39 is 5.91 Å². The standard InChI is InChI=1S/C21H24ClN3O2/c1-5-13(6-2)14-9-12(3)21-24-18(19(20(23)26)25(21)11-14)16-8-7-15(27-4)10-17(16)22/h7-11,13H,5-6H2,1-4H3,(H2,23,26). The maximum Gasteiger partial charge on any atom is 0.268 e. The number of methoxy groups -OCH3 is 1. The number of aryl methyl sites for hydroxylation is 1. The van der Waals surface area contributed by atoms with Gasteiger partial charge in [-0.3, -0.25) is 9.20 Å². The Morgan fingerprint density at radius 1 is 1.30 bits per heavy atom. The number of pyridine rings is 1.